The summed E-state index contributed by atoms with van der Waals surface area (Å²) in [6.07, 6.45) is 7.03. The second kappa shape index (κ2) is 9.83. The molecule has 0 amide bonds. The first kappa shape index (κ1) is 20.5. The van der Waals surface area contributed by atoms with Crippen molar-refractivity contribution < 1.29 is 9.47 Å². The highest BCUT2D eigenvalue weighted by Gasteiger charge is 2.39. The van der Waals surface area contributed by atoms with Gasteiger partial charge in [0.05, 0.1) is 26.1 Å². The highest BCUT2D eigenvalue weighted by Crippen LogP contribution is 2.68. The maximum absolute atomic E-state index is 5.76. The quantitative estimate of drug-likeness (QED) is 0.317. The molecule has 5 aliphatic rings. The second-order valence-corrected chi connectivity index (χ2v) is 16.8. The average molecular weight is 513 g/mol. The molecule has 1 fully saturated rings. The predicted octanol–water partition coefficient (Wildman–Crippen LogP) is 7.94. The molecule has 2 atom stereocenters. The fourth-order valence-corrected chi connectivity index (χ4v) is 16.2. The third kappa shape index (κ3) is 4.93. The first-order valence-electron chi connectivity index (χ1n) is 9.13. The fraction of sp³-hybridized carbons (Fsp3) is 0.647. The third-order valence-corrected chi connectivity index (χ3v) is 17.0. The van der Waals surface area contributed by atoms with E-state index in [1.165, 1.54) is 60.6 Å². The molecule has 5 rings (SSSR count). The zero-order chi connectivity index (χ0) is 18.1. The molecule has 0 spiro atoms. The summed E-state index contributed by atoms with van der Waals surface area (Å²) in [6, 6.07) is 0. The van der Waals surface area contributed by atoms with Gasteiger partial charge in [-0.2, -0.15) is 0 Å². The summed E-state index contributed by atoms with van der Waals surface area (Å²) in [5, 5.41) is 1.94. The number of hydrogen-bond acceptors (Lipinski definition) is 10. The van der Waals surface area contributed by atoms with Gasteiger partial charge in [0.1, 0.15) is 13.2 Å². The Morgan fingerprint density at radius 3 is 1.59 bits per heavy atom. The first-order chi connectivity index (χ1) is 13.4. The SMILES string of the molecule is C1CCCS[C@@H]2SC3=C(SC(=C4SC5=C(OCCO5)S4)S3)S[C@@H]2SCCC1. The molecule has 0 saturated carbocycles. The van der Waals surface area contributed by atoms with Crippen molar-refractivity contribution in [3.05, 3.63) is 27.1 Å². The zero-order valence-corrected chi connectivity index (χ0v) is 21.1. The number of ether oxygens (including phenoxy) is 2. The molecule has 1 saturated heterocycles. The lowest BCUT2D eigenvalue weighted by atomic mass is 10.2. The van der Waals surface area contributed by atoms with Crippen molar-refractivity contribution in [1.29, 1.82) is 0 Å². The predicted molar refractivity (Wildman–Crippen MR) is 134 cm³/mol. The number of fused-ring (bicyclic) bond motifs is 1. The van der Waals surface area contributed by atoms with Gasteiger partial charge in [0.15, 0.2) is 0 Å². The van der Waals surface area contributed by atoms with Gasteiger partial charge < -0.3 is 9.47 Å². The summed E-state index contributed by atoms with van der Waals surface area (Å²) in [5.74, 6) is 2.64. The molecule has 2 nitrogen and oxygen atoms in total. The lowest BCUT2D eigenvalue weighted by Crippen LogP contribution is -2.17. The molecular formula is C17H20O2S8. The Hall–Kier alpha value is 1.62. The van der Waals surface area contributed by atoms with E-state index in [9.17, 15) is 0 Å². The molecule has 148 valence electrons. The lowest BCUT2D eigenvalue weighted by Gasteiger charge is -2.29. The van der Waals surface area contributed by atoms with Gasteiger partial charge in [0.2, 0.25) is 10.2 Å². The van der Waals surface area contributed by atoms with Gasteiger partial charge >= 0.3 is 0 Å². The van der Waals surface area contributed by atoms with Crippen LogP contribution in [-0.2, 0) is 9.47 Å². The summed E-state index contributed by atoms with van der Waals surface area (Å²) in [7, 11) is 0. The summed E-state index contributed by atoms with van der Waals surface area (Å²) < 4.78 is 18.7. The molecule has 0 unspecified atom stereocenters. The van der Waals surface area contributed by atoms with Crippen LogP contribution in [0.2, 0.25) is 0 Å². The van der Waals surface area contributed by atoms with Gasteiger partial charge in [-0.3, -0.25) is 0 Å². The molecular weight excluding hydrogens is 493 g/mol. The maximum Gasteiger partial charge on any atom is 0.208 e. The standard InChI is InChI=1S/C17H20O2S8/c1-2-4-8-20-12-13(21-9-5-3-1)25-17-16(24-12)26-15(27-17)14-22-10-11(23-14)19-7-6-18-10/h12-13H,1-9H2/t12-,13+. The van der Waals surface area contributed by atoms with E-state index in [0.717, 1.165) is 10.2 Å². The van der Waals surface area contributed by atoms with E-state index < -0.39 is 0 Å². The van der Waals surface area contributed by atoms with Crippen LogP contribution in [-0.4, -0.2) is 33.9 Å². The Morgan fingerprint density at radius 2 is 1.04 bits per heavy atom. The Kier molecular flexibility index (Phi) is 7.47. The highest BCUT2D eigenvalue weighted by atomic mass is 32.3. The molecule has 0 N–H and O–H groups in total. The molecule has 27 heavy (non-hydrogen) atoms. The van der Waals surface area contributed by atoms with Gasteiger partial charge in [0.25, 0.3) is 0 Å². The molecule has 5 heterocycles. The van der Waals surface area contributed by atoms with E-state index in [2.05, 4.69) is 47.0 Å². The largest absolute Gasteiger partial charge is 0.480 e. The third-order valence-electron chi connectivity index (χ3n) is 4.31. The van der Waals surface area contributed by atoms with E-state index in [-0.39, 0.29) is 0 Å². The van der Waals surface area contributed by atoms with Crippen LogP contribution in [0.25, 0.3) is 0 Å². The van der Waals surface area contributed by atoms with Crippen molar-refractivity contribution in [2.24, 2.45) is 0 Å². The van der Waals surface area contributed by atoms with Crippen LogP contribution in [0, 0.1) is 0 Å². The smallest absolute Gasteiger partial charge is 0.208 e. The van der Waals surface area contributed by atoms with E-state index in [1.54, 1.807) is 23.5 Å². The van der Waals surface area contributed by atoms with Crippen LogP contribution in [0.5, 0.6) is 0 Å². The highest BCUT2D eigenvalue weighted by molar-refractivity contribution is 8.45. The van der Waals surface area contributed by atoms with Crippen LogP contribution in [0.15, 0.2) is 27.1 Å². The van der Waals surface area contributed by atoms with Crippen LogP contribution in [0.1, 0.15) is 32.1 Å². The van der Waals surface area contributed by atoms with E-state index in [0.29, 0.717) is 22.4 Å². The van der Waals surface area contributed by atoms with E-state index >= 15 is 0 Å². The Balaban J connectivity index is 1.27. The molecule has 0 aromatic heterocycles. The van der Waals surface area contributed by atoms with Gasteiger partial charge in [-0.25, -0.2) is 0 Å². The molecule has 0 aliphatic carbocycles. The Labute approximate surface area is 195 Å². The molecule has 0 radical (unpaired) electrons. The zero-order valence-electron chi connectivity index (χ0n) is 14.6. The van der Waals surface area contributed by atoms with Gasteiger partial charge in [-0.1, -0.05) is 42.8 Å². The van der Waals surface area contributed by atoms with E-state index in [4.69, 9.17) is 9.47 Å². The van der Waals surface area contributed by atoms with Crippen molar-refractivity contribution in [2.45, 2.75) is 41.3 Å². The van der Waals surface area contributed by atoms with Gasteiger partial charge in [0, 0.05) is 0 Å². The summed E-state index contributed by atoms with van der Waals surface area (Å²) in [4.78, 5) is 0. The maximum atomic E-state index is 5.76. The minimum Gasteiger partial charge on any atom is -0.480 e. The van der Waals surface area contributed by atoms with Crippen LogP contribution < -0.4 is 0 Å². The van der Waals surface area contributed by atoms with Gasteiger partial charge in [-0.15, -0.1) is 47.0 Å². The Bertz CT molecular complexity index is 636. The second-order valence-electron chi connectivity index (χ2n) is 6.31. The van der Waals surface area contributed by atoms with Crippen molar-refractivity contribution in [1.82, 2.24) is 0 Å². The number of thioether (sulfide) groups is 8. The molecule has 5 aliphatic heterocycles. The molecule has 0 aromatic rings. The lowest BCUT2D eigenvalue weighted by molar-refractivity contribution is 0.0949. The fourth-order valence-electron chi connectivity index (χ4n) is 2.98. The number of hydrogen-bond donors (Lipinski definition) is 0. The minimum absolute atomic E-state index is 0.674. The van der Waals surface area contributed by atoms with Gasteiger partial charge in [-0.05, 0) is 47.9 Å². The van der Waals surface area contributed by atoms with Crippen molar-refractivity contribution in [2.75, 3.05) is 24.7 Å². The van der Waals surface area contributed by atoms with Crippen molar-refractivity contribution >= 4 is 94.1 Å². The molecule has 0 bridgehead atoms. The summed E-state index contributed by atoms with van der Waals surface area (Å²) in [6.45, 7) is 1.35. The van der Waals surface area contributed by atoms with E-state index in [1.807, 2.05) is 23.5 Å². The average Bonchev–Trinajstić information content (AvgIpc) is 3.28. The topological polar surface area (TPSA) is 18.5 Å². The molecule has 0 aromatic carbocycles. The van der Waals surface area contributed by atoms with Crippen LogP contribution >= 0.6 is 94.1 Å². The Morgan fingerprint density at radius 1 is 0.556 bits per heavy atom. The number of rotatable bonds is 0. The van der Waals surface area contributed by atoms with Crippen molar-refractivity contribution in [3.63, 3.8) is 0 Å². The van der Waals surface area contributed by atoms with Crippen LogP contribution in [0.3, 0.4) is 0 Å². The summed E-state index contributed by atoms with van der Waals surface area (Å²) >= 11 is 16.1. The van der Waals surface area contributed by atoms with Crippen LogP contribution in [0.4, 0.5) is 0 Å². The first-order valence-corrected chi connectivity index (χ1v) is 16.3. The molecule has 10 heteroatoms. The monoisotopic (exact) mass is 512 g/mol. The normalized spacial score (nSPS) is 32.3. The summed E-state index contributed by atoms with van der Waals surface area (Å²) in [5.41, 5.74) is 0. The minimum atomic E-state index is 0.674. The van der Waals surface area contributed by atoms with Crippen molar-refractivity contribution in [3.8, 4) is 0 Å².